The second-order valence-electron chi connectivity index (χ2n) is 21.7. The van der Waals surface area contributed by atoms with Crippen LogP contribution in [0.2, 0.25) is 0 Å². The SMILES string of the molecule is c1ccc2c(c1)-c1c(N(c3ccc4c5ccccc5c5ccccc5c4c3)c3cc4c(cc3-c3ccc5sc6ccccc6c5c3)-c3ccccc3C43c4ccccc4-c4ccccc43)cccc1C21CCCCC1. The van der Waals surface area contributed by atoms with Gasteiger partial charge in [0.1, 0.15) is 0 Å². The quantitative estimate of drug-likeness (QED) is 0.159. The summed E-state index contributed by atoms with van der Waals surface area (Å²) < 4.78 is 2.63. The zero-order valence-electron chi connectivity index (χ0n) is 41.4. The summed E-state index contributed by atoms with van der Waals surface area (Å²) in [6.45, 7) is 0. The van der Waals surface area contributed by atoms with Crippen molar-refractivity contribution in [2.75, 3.05) is 4.90 Å². The summed E-state index contributed by atoms with van der Waals surface area (Å²) in [5, 5.41) is 10.3. The number of benzene rings is 12. The minimum Gasteiger partial charge on any atom is -0.309 e. The van der Waals surface area contributed by atoms with Crippen LogP contribution in [0, 0.1) is 0 Å². The minimum absolute atomic E-state index is 0.0147. The lowest BCUT2D eigenvalue weighted by atomic mass is 9.68. The Labute approximate surface area is 440 Å². The molecule has 0 atom stereocenters. The van der Waals surface area contributed by atoms with Gasteiger partial charge in [-0.05, 0) is 160 Å². The number of hydrogen-bond donors (Lipinski definition) is 0. The molecule has 0 radical (unpaired) electrons. The maximum Gasteiger partial charge on any atom is 0.0726 e. The number of hydrogen-bond acceptors (Lipinski definition) is 2. The van der Waals surface area contributed by atoms with E-state index in [-0.39, 0.29) is 5.41 Å². The third-order valence-electron chi connectivity index (χ3n) is 18.2. The summed E-state index contributed by atoms with van der Waals surface area (Å²) in [5.74, 6) is 0. The van der Waals surface area contributed by atoms with Gasteiger partial charge in [-0.3, -0.25) is 0 Å². The van der Waals surface area contributed by atoms with Gasteiger partial charge in [0.05, 0.1) is 16.8 Å². The van der Waals surface area contributed by atoms with Crippen LogP contribution < -0.4 is 4.90 Å². The smallest absolute Gasteiger partial charge is 0.0726 e. The van der Waals surface area contributed by atoms with Crippen molar-refractivity contribution < 1.29 is 0 Å². The van der Waals surface area contributed by atoms with E-state index >= 15 is 0 Å². The number of fused-ring (bicyclic) bond motifs is 24. The van der Waals surface area contributed by atoms with Gasteiger partial charge in [0.15, 0.2) is 0 Å². The minimum atomic E-state index is -0.526. The Bertz CT molecular complexity index is 4520. The lowest BCUT2D eigenvalue weighted by Gasteiger charge is -2.36. The zero-order valence-corrected chi connectivity index (χ0v) is 42.2. The van der Waals surface area contributed by atoms with Crippen LogP contribution in [-0.2, 0) is 10.8 Å². The molecule has 0 N–H and O–H groups in total. The molecule has 4 aliphatic rings. The van der Waals surface area contributed by atoms with Crippen LogP contribution in [0.15, 0.2) is 237 Å². The van der Waals surface area contributed by atoms with Crippen molar-refractivity contribution in [3.05, 3.63) is 270 Å². The summed E-state index contributed by atoms with van der Waals surface area (Å²) in [7, 11) is 0. The summed E-state index contributed by atoms with van der Waals surface area (Å²) in [6, 6.07) is 91.4. The molecule has 0 aliphatic heterocycles. The molecule has 0 saturated heterocycles. The van der Waals surface area contributed by atoms with Crippen LogP contribution in [0.4, 0.5) is 17.1 Å². The first-order valence-corrected chi connectivity index (χ1v) is 27.8. The van der Waals surface area contributed by atoms with E-state index in [9.17, 15) is 0 Å². The fourth-order valence-electron chi connectivity index (χ4n) is 15.2. The van der Waals surface area contributed by atoms with Gasteiger partial charge in [-0.1, -0.05) is 207 Å². The van der Waals surface area contributed by atoms with E-state index < -0.39 is 5.41 Å². The van der Waals surface area contributed by atoms with Crippen LogP contribution in [0.25, 0.3) is 97.0 Å². The normalized spacial score (nSPS) is 15.1. The summed E-state index contributed by atoms with van der Waals surface area (Å²) in [4.78, 5) is 2.70. The average molecular weight is 972 g/mol. The highest BCUT2D eigenvalue weighted by Gasteiger charge is 2.52. The molecule has 4 aliphatic carbocycles. The molecule has 0 amide bonds. The predicted octanol–water partition coefficient (Wildman–Crippen LogP) is 20.2. The fraction of sp³-hybridized carbons (Fsp3) is 0.0959. The van der Waals surface area contributed by atoms with Gasteiger partial charge in [0.25, 0.3) is 0 Å². The maximum absolute atomic E-state index is 2.70. The van der Waals surface area contributed by atoms with E-state index in [0.717, 1.165) is 5.69 Å². The molecule has 1 saturated carbocycles. The van der Waals surface area contributed by atoms with Crippen LogP contribution >= 0.6 is 11.3 Å². The Balaban J connectivity index is 1.04. The van der Waals surface area contributed by atoms with Crippen LogP contribution in [0.1, 0.15) is 65.5 Å². The van der Waals surface area contributed by atoms with Crippen molar-refractivity contribution in [2.45, 2.75) is 42.9 Å². The first kappa shape index (κ1) is 41.9. The molecule has 75 heavy (non-hydrogen) atoms. The monoisotopic (exact) mass is 971 g/mol. The molecule has 2 heteroatoms. The van der Waals surface area contributed by atoms with E-state index in [1.54, 1.807) is 0 Å². The Hall–Kier alpha value is -8.56. The van der Waals surface area contributed by atoms with Crippen molar-refractivity contribution in [2.24, 2.45) is 0 Å². The van der Waals surface area contributed by atoms with Gasteiger partial charge in [-0.25, -0.2) is 0 Å². The molecule has 0 bridgehead atoms. The highest BCUT2D eigenvalue weighted by atomic mass is 32.1. The van der Waals surface area contributed by atoms with Gasteiger partial charge in [0, 0.05) is 42.4 Å². The summed E-state index contributed by atoms with van der Waals surface area (Å²) >= 11 is 1.89. The van der Waals surface area contributed by atoms with Crippen molar-refractivity contribution in [3.8, 4) is 44.5 Å². The van der Waals surface area contributed by atoms with Gasteiger partial charge >= 0.3 is 0 Å². The number of anilines is 3. The third-order valence-corrected chi connectivity index (χ3v) is 19.4. The van der Waals surface area contributed by atoms with Crippen molar-refractivity contribution in [3.63, 3.8) is 0 Å². The number of nitrogens with zero attached hydrogens (tertiary/aromatic N) is 1. The number of rotatable bonds is 4. The van der Waals surface area contributed by atoms with Gasteiger partial charge in [0.2, 0.25) is 0 Å². The highest BCUT2D eigenvalue weighted by molar-refractivity contribution is 7.25. The van der Waals surface area contributed by atoms with E-state index in [1.807, 2.05) is 11.3 Å². The molecule has 0 unspecified atom stereocenters. The molecule has 1 nitrogen and oxygen atoms in total. The second kappa shape index (κ2) is 15.5. The van der Waals surface area contributed by atoms with Gasteiger partial charge < -0.3 is 4.90 Å². The summed E-state index contributed by atoms with van der Waals surface area (Å²) in [5.41, 5.74) is 21.8. The van der Waals surface area contributed by atoms with Gasteiger partial charge in [-0.2, -0.15) is 0 Å². The molecule has 13 aromatic rings. The number of thiophene rings is 1. The van der Waals surface area contributed by atoms with E-state index in [2.05, 4.69) is 241 Å². The third kappa shape index (κ3) is 5.52. The standard InChI is InChI=1S/C73H49NS/c1-16-39-72(40-17-1)61-28-11-9-27-56(61)71-65(72)32-18-33-67(71)74(46-36-37-51-49-21-3-2-19-47(49)48-20-4-5-22-50(48)58(51)42-46)68-44-66-59(43-57(68)45-35-38-70-60(41-45)55-26-10-15-34-69(55)75-70)54-25-8-14-31-64(54)73(66)62-29-12-6-23-52(62)53-24-7-13-30-63(53)73/h2-15,18-38,41-44H,1,16-17,39-40H2. The topological polar surface area (TPSA) is 3.24 Å². The lowest BCUT2D eigenvalue weighted by Crippen LogP contribution is -2.28. The molecule has 352 valence electrons. The molecular weight excluding hydrogens is 923 g/mol. The van der Waals surface area contributed by atoms with E-state index in [4.69, 9.17) is 0 Å². The van der Waals surface area contributed by atoms with Crippen molar-refractivity contribution in [1.82, 2.24) is 0 Å². The first-order chi connectivity index (χ1) is 37.2. The summed E-state index contributed by atoms with van der Waals surface area (Å²) in [6.07, 6.45) is 6.13. The molecule has 1 aromatic heterocycles. The van der Waals surface area contributed by atoms with E-state index in [0.29, 0.717) is 0 Å². The molecule has 17 rings (SSSR count). The van der Waals surface area contributed by atoms with Crippen LogP contribution in [0.5, 0.6) is 0 Å². The fourth-order valence-corrected chi connectivity index (χ4v) is 16.3. The zero-order chi connectivity index (χ0) is 49.0. The molecule has 12 aromatic carbocycles. The highest BCUT2D eigenvalue weighted by Crippen LogP contribution is 2.65. The largest absolute Gasteiger partial charge is 0.309 e. The van der Waals surface area contributed by atoms with Crippen molar-refractivity contribution in [1.29, 1.82) is 0 Å². The van der Waals surface area contributed by atoms with Crippen molar-refractivity contribution >= 4 is 80.9 Å². The Kier molecular flexibility index (Phi) is 8.65. The maximum atomic E-state index is 2.70. The average Bonchev–Trinajstić information content (AvgIpc) is 4.18. The molecule has 1 heterocycles. The molecule has 1 fully saturated rings. The van der Waals surface area contributed by atoms with Crippen LogP contribution in [0.3, 0.4) is 0 Å². The Morgan fingerprint density at radius 1 is 0.307 bits per heavy atom. The predicted molar refractivity (Wildman–Crippen MR) is 318 cm³/mol. The molecular formula is C73H49NS. The Morgan fingerprint density at radius 3 is 1.52 bits per heavy atom. The van der Waals surface area contributed by atoms with Gasteiger partial charge in [-0.15, -0.1) is 11.3 Å². The van der Waals surface area contributed by atoms with E-state index in [1.165, 1.54) is 174 Å². The second-order valence-corrected chi connectivity index (χ2v) is 22.7. The first-order valence-electron chi connectivity index (χ1n) is 27.0. The lowest BCUT2D eigenvalue weighted by molar-refractivity contribution is 0.353. The Morgan fingerprint density at radius 2 is 0.840 bits per heavy atom. The van der Waals surface area contributed by atoms with Crippen LogP contribution in [-0.4, -0.2) is 0 Å². The molecule has 2 spiro atoms.